The number of nitrogen functional groups attached to an aromatic ring is 1. The van der Waals surface area contributed by atoms with Crippen molar-refractivity contribution in [2.24, 2.45) is 0 Å². The lowest BCUT2D eigenvalue weighted by atomic mass is 10.3. The quantitative estimate of drug-likeness (QED) is 0.451. The number of benzene rings is 2. The molecule has 26 heavy (non-hydrogen) atoms. The van der Waals surface area contributed by atoms with Crippen molar-refractivity contribution in [3.63, 3.8) is 0 Å². The molecule has 0 atom stereocenters. The van der Waals surface area contributed by atoms with Crippen LogP contribution < -0.4 is 16.4 Å². The smallest absolute Gasteiger partial charge is 0.353 e. The first-order valence-electron chi connectivity index (χ1n) is 7.29. The lowest BCUT2D eigenvalue weighted by molar-refractivity contribution is -0.383. The number of rotatable bonds is 5. The lowest BCUT2D eigenvalue weighted by Crippen LogP contribution is -2.08. The van der Waals surface area contributed by atoms with E-state index in [-0.39, 0.29) is 23.3 Å². The topological polar surface area (TPSA) is 119 Å². The van der Waals surface area contributed by atoms with E-state index in [1.54, 1.807) is 24.3 Å². The molecule has 1 heterocycles. The summed E-state index contributed by atoms with van der Waals surface area (Å²) in [5.74, 6) is -0.960. The van der Waals surface area contributed by atoms with E-state index in [9.17, 15) is 14.5 Å². The molecule has 3 aromatic rings. The molecule has 0 unspecified atom stereocenters. The molecule has 3 rings (SSSR count). The van der Waals surface area contributed by atoms with Gasteiger partial charge in [-0.15, -0.1) is 0 Å². The van der Waals surface area contributed by atoms with E-state index in [4.69, 9.17) is 17.3 Å². The summed E-state index contributed by atoms with van der Waals surface area (Å²) in [6.07, 6.45) is 0. The van der Waals surface area contributed by atoms with Gasteiger partial charge in [0.2, 0.25) is 17.6 Å². The Balaban J connectivity index is 1.98. The molecule has 0 bridgehead atoms. The van der Waals surface area contributed by atoms with Gasteiger partial charge < -0.3 is 16.4 Å². The summed E-state index contributed by atoms with van der Waals surface area (Å²) < 4.78 is 13.4. The molecular formula is C16H12ClFN6O2. The predicted octanol–water partition coefficient (Wildman–Crippen LogP) is 4.25. The fourth-order valence-electron chi connectivity index (χ4n) is 2.16. The standard InChI is InChI=1S/C16H12ClFN6O2/c17-9-4-6-11(7-5-9)21-16-22-14(19)13(24(25)26)15(23-16)20-12-3-1-2-10(18)8-12/h1-8H,(H4,19,20,21,22,23). The molecule has 0 aliphatic rings. The minimum absolute atomic E-state index is 0.0364. The molecule has 0 saturated carbocycles. The Morgan fingerprint density at radius 3 is 2.46 bits per heavy atom. The Morgan fingerprint density at radius 2 is 1.81 bits per heavy atom. The summed E-state index contributed by atoms with van der Waals surface area (Å²) in [5.41, 5.74) is 6.10. The second-order valence-corrected chi connectivity index (χ2v) is 5.59. The van der Waals surface area contributed by atoms with Gasteiger partial charge >= 0.3 is 5.69 Å². The molecule has 1 aromatic heterocycles. The maximum atomic E-state index is 13.4. The number of nitro groups is 1. The zero-order chi connectivity index (χ0) is 18.7. The van der Waals surface area contributed by atoms with Crippen molar-refractivity contribution in [1.82, 2.24) is 9.97 Å². The highest BCUT2D eigenvalue weighted by atomic mass is 35.5. The van der Waals surface area contributed by atoms with E-state index in [0.29, 0.717) is 10.7 Å². The highest BCUT2D eigenvalue weighted by Gasteiger charge is 2.23. The summed E-state index contributed by atoms with van der Waals surface area (Å²) in [7, 11) is 0. The molecule has 0 saturated heterocycles. The second-order valence-electron chi connectivity index (χ2n) is 5.15. The Morgan fingerprint density at radius 1 is 1.08 bits per heavy atom. The molecule has 2 aromatic carbocycles. The highest BCUT2D eigenvalue weighted by molar-refractivity contribution is 6.30. The third-order valence-electron chi connectivity index (χ3n) is 3.28. The zero-order valence-electron chi connectivity index (χ0n) is 13.1. The number of aromatic nitrogens is 2. The number of hydrogen-bond acceptors (Lipinski definition) is 7. The van der Waals surface area contributed by atoms with Crippen molar-refractivity contribution in [3.05, 3.63) is 69.5 Å². The highest BCUT2D eigenvalue weighted by Crippen LogP contribution is 2.32. The minimum atomic E-state index is -0.705. The van der Waals surface area contributed by atoms with Crippen LogP contribution in [-0.2, 0) is 0 Å². The summed E-state index contributed by atoms with van der Waals surface area (Å²) in [4.78, 5) is 18.6. The first kappa shape index (κ1) is 17.4. The fourth-order valence-corrected chi connectivity index (χ4v) is 2.29. The van der Waals surface area contributed by atoms with Crippen LogP contribution in [0.1, 0.15) is 0 Å². The van der Waals surface area contributed by atoms with Crippen LogP contribution in [0.2, 0.25) is 5.02 Å². The third-order valence-corrected chi connectivity index (χ3v) is 3.53. The normalized spacial score (nSPS) is 10.4. The summed E-state index contributed by atoms with van der Waals surface area (Å²) in [6, 6.07) is 12.1. The number of nitrogens with one attached hydrogen (secondary N) is 2. The molecule has 0 fully saturated rings. The Labute approximate surface area is 152 Å². The van der Waals surface area contributed by atoms with Crippen LogP contribution in [-0.4, -0.2) is 14.9 Å². The number of nitrogens with zero attached hydrogens (tertiary/aromatic N) is 3. The van der Waals surface area contributed by atoms with Crippen molar-refractivity contribution in [2.75, 3.05) is 16.4 Å². The van der Waals surface area contributed by atoms with E-state index < -0.39 is 16.4 Å². The van der Waals surface area contributed by atoms with Crippen LogP contribution in [0.15, 0.2) is 48.5 Å². The Kier molecular flexibility index (Phi) is 4.81. The first-order valence-corrected chi connectivity index (χ1v) is 7.67. The van der Waals surface area contributed by atoms with Crippen molar-refractivity contribution >= 4 is 46.2 Å². The maximum Gasteiger partial charge on any atom is 0.353 e. The van der Waals surface area contributed by atoms with Gasteiger partial charge in [0, 0.05) is 16.4 Å². The Hall–Kier alpha value is -3.46. The van der Waals surface area contributed by atoms with Crippen LogP contribution in [0.25, 0.3) is 0 Å². The second kappa shape index (κ2) is 7.19. The largest absolute Gasteiger partial charge is 0.378 e. The lowest BCUT2D eigenvalue weighted by Gasteiger charge is -2.11. The van der Waals surface area contributed by atoms with Crippen LogP contribution in [0.3, 0.4) is 0 Å². The molecule has 0 aliphatic carbocycles. The van der Waals surface area contributed by atoms with E-state index in [0.717, 1.165) is 0 Å². The first-order chi connectivity index (χ1) is 12.4. The van der Waals surface area contributed by atoms with Gasteiger partial charge in [0.25, 0.3) is 0 Å². The van der Waals surface area contributed by atoms with Crippen molar-refractivity contribution in [3.8, 4) is 0 Å². The van der Waals surface area contributed by atoms with Crippen molar-refractivity contribution < 1.29 is 9.31 Å². The van der Waals surface area contributed by atoms with Gasteiger partial charge in [-0.1, -0.05) is 17.7 Å². The van der Waals surface area contributed by atoms with Crippen molar-refractivity contribution in [2.45, 2.75) is 0 Å². The molecule has 0 amide bonds. The molecule has 0 spiro atoms. The van der Waals surface area contributed by atoms with Crippen LogP contribution in [0, 0.1) is 15.9 Å². The molecule has 132 valence electrons. The summed E-state index contributed by atoms with van der Waals surface area (Å²) >= 11 is 5.83. The minimum Gasteiger partial charge on any atom is -0.378 e. The van der Waals surface area contributed by atoms with Gasteiger partial charge in [-0.3, -0.25) is 10.1 Å². The monoisotopic (exact) mass is 374 g/mol. The van der Waals surface area contributed by atoms with Gasteiger partial charge in [-0.2, -0.15) is 9.97 Å². The van der Waals surface area contributed by atoms with E-state index >= 15 is 0 Å². The van der Waals surface area contributed by atoms with Crippen LogP contribution >= 0.6 is 11.6 Å². The average molecular weight is 375 g/mol. The number of halogens is 2. The predicted molar refractivity (Wildman–Crippen MR) is 97.5 cm³/mol. The molecular weight excluding hydrogens is 363 g/mol. The average Bonchev–Trinajstić information content (AvgIpc) is 2.56. The van der Waals surface area contributed by atoms with E-state index in [2.05, 4.69) is 20.6 Å². The fraction of sp³-hybridized carbons (Fsp3) is 0. The number of nitrogens with two attached hydrogens (primary N) is 1. The van der Waals surface area contributed by atoms with Crippen molar-refractivity contribution in [1.29, 1.82) is 0 Å². The van der Waals surface area contributed by atoms with Crippen LogP contribution in [0.5, 0.6) is 0 Å². The van der Waals surface area contributed by atoms with Gasteiger partial charge in [0.15, 0.2) is 0 Å². The summed E-state index contributed by atoms with van der Waals surface area (Å²) in [5, 5.41) is 17.4. The molecule has 0 radical (unpaired) electrons. The van der Waals surface area contributed by atoms with E-state index in [1.807, 2.05) is 0 Å². The van der Waals surface area contributed by atoms with Gasteiger partial charge in [-0.05, 0) is 42.5 Å². The van der Waals surface area contributed by atoms with E-state index in [1.165, 1.54) is 24.3 Å². The number of anilines is 5. The molecule has 0 aliphatic heterocycles. The van der Waals surface area contributed by atoms with Gasteiger partial charge in [0.1, 0.15) is 5.82 Å². The summed E-state index contributed by atoms with van der Waals surface area (Å²) in [6.45, 7) is 0. The van der Waals surface area contributed by atoms with Gasteiger partial charge in [-0.25, -0.2) is 4.39 Å². The number of hydrogen-bond donors (Lipinski definition) is 3. The van der Waals surface area contributed by atoms with Gasteiger partial charge in [0.05, 0.1) is 4.92 Å². The molecule has 8 nitrogen and oxygen atoms in total. The molecule has 10 heteroatoms. The Bertz CT molecular complexity index is 967. The maximum absolute atomic E-state index is 13.4. The SMILES string of the molecule is Nc1nc(Nc2ccc(Cl)cc2)nc(Nc2cccc(F)c2)c1[N+](=O)[O-]. The molecule has 4 N–H and O–H groups in total. The zero-order valence-corrected chi connectivity index (χ0v) is 13.9. The third kappa shape index (κ3) is 3.95. The van der Waals surface area contributed by atoms with Crippen LogP contribution in [0.4, 0.5) is 39.0 Å².